The SMILES string of the molecule is CCCCCCN1C(=O)C(C)(C)Oc2cc(CN)ccc21. The number of hydrogen-bond donors (Lipinski definition) is 1. The second-order valence-corrected chi connectivity index (χ2v) is 6.14. The predicted molar refractivity (Wildman–Crippen MR) is 85.5 cm³/mol. The third-order valence-electron chi connectivity index (χ3n) is 3.91. The van der Waals surface area contributed by atoms with Gasteiger partial charge in [-0.15, -0.1) is 0 Å². The molecule has 1 aromatic rings. The Morgan fingerprint density at radius 2 is 2.00 bits per heavy atom. The number of carbonyl (C=O) groups is 1. The van der Waals surface area contributed by atoms with Crippen LogP contribution in [-0.2, 0) is 11.3 Å². The Balaban J connectivity index is 2.24. The molecule has 0 bridgehead atoms. The standard InChI is InChI=1S/C17H26N2O2/c1-4-5-6-7-10-19-14-9-8-13(12-18)11-15(14)21-17(2,3)16(19)20/h8-9,11H,4-7,10,12,18H2,1-3H3. The molecule has 1 aliphatic rings. The van der Waals surface area contributed by atoms with Gasteiger partial charge in [-0.3, -0.25) is 4.79 Å². The molecular formula is C17H26N2O2. The van der Waals surface area contributed by atoms with Crippen molar-refractivity contribution in [3.63, 3.8) is 0 Å². The lowest BCUT2D eigenvalue weighted by molar-refractivity contribution is -0.132. The maximum atomic E-state index is 12.6. The van der Waals surface area contributed by atoms with Crippen LogP contribution in [-0.4, -0.2) is 18.1 Å². The fourth-order valence-electron chi connectivity index (χ4n) is 2.66. The smallest absolute Gasteiger partial charge is 0.270 e. The molecule has 2 N–H and O–H groups in total. The summed E-state index contributed by atoms with van der Waals surface area (Å²) < 4.78 is 5.88. The minimum atomic E-state index is -0.815. The van der Waals surface area contributed by atoms with E-state index in [-0.39, 0.29) is 5.91 Å². The van der Waals surface area contributed by atoms with Crippen LogP contribution in [0.3, 0.4) is 0 Å². The third kappa shape index (κ3) is 3.38. The molecule has 0 aliphatic carbocycles. The van der Waals surface area contributed by atoms with Gasteiger partial charge in [0.2, 0.25) is 0 Å². The van der Waals surface area contributed by atoms with Crippen LogP contribution in [0.1, 0.15) is 52.0 Å². The first-order chi connectivity index (χ1) is 9.99. The van der Waals surface area contributed by atoms with Crippen molar-refractivity contribution in [1.29, 1.82) is 0 Å². The minimum absolute atomic E-state index is 0.0343. The second-order valence-electron chi connectivity index (χ2n) is 6.14. The summed E-state index contributed by atoms with van der Waals surface area (Å²) in [6.45, 7) is 7.06. The van der Waals surface area contributed by atoms with Crippen molar-refractivity contribution in [1.82, 2.24) is 0 Å². The van der Waals surface area contributed by atoms with E-state index in [1.165, 1.54) is 12.8 Å². The molecule has 0 atom stereocenters. The summed E-state index contributed by atoms with van der Waals surface area (Å²) in [7, 11) is 0. The van der Waals surface area contributed by atoms with Crippen molar-refractivity contribution in [2.45, 2.75) is 58.6 Å². The Morgan fingerprint density at radius 3 is 2.67 bits per heavy atom. The number of rotatable bonds is 6. The summed E-state index contributed by atoms with van der Waals surface area (Å²) in [5.74, 6) is 0.796. The average molecular weight is 290 g/mol. The van der Waals surface area contributed by atoms with Gasteiger partial charge in [0.25, 0.3) is 5.91 Å². The highest BCUT2D eigenvalue weighted by Crippen LogP contribution is 2.38. The van der Waals surface area contributed by atoms with Gasteiger partial charge in [0.15, 0.2) is 5.60 Å². The van der Waals surface area contributed by atoms with Crippen molar-refractivity contribution < 1.29 is 9.53 Å². The molecule has 1 aromatic carbocycles. The van der Waals surface area contributed by atoms with E-state index in [0.717, 1.165) is 36.4 Å². The lowest BCUT2D eigenvalue weighted by Crippen LogP contribution is -2.52. The molecule has 4 nitrogen and oxygen atoms in total. The summed E-state index contributed by atoms with van der Waals surface area (Å²) >= 11 is 0. The lowest BCUT2D eigenvalue weighted by atomic mass is 10.0. The Bertz CT molecular complexity index is 512. The topological polar surface area (TPSA) is 55.6 Å². The molecule has 0 fully saturated rings. The van der Waals surface area contributed by atoms with Gasteiger partial charge < -0.3 is 15.4 Å². The zero-order chi connectivity index (χ0) is 15.5. The number of unbranched alkanes of at least 4 members (excludes halogenated alkanes) is 3. The average Bonchev–Trinajstić information content (AvgIpc) is 2.46. The van der Waals surface area contributed by atoms with Crippen LogP contribution >= 0.6 is 0 Å². The van der Waals surface area contributed by atoms with E-state index in [0.29, 0.717) is 6.54 Å². The van der Waals surface area contributed by atoms with E-state index < -0.39 is 5.60 Å². The van der Waals surface area contributed by atoms with Gasteiger partial charge >= 0.3 is 0 Å². The first-order valence-electron chi connectivity index (χ1n) is 7.83. The van der Waals surface area contributed by atoms with Gasteiger partial charge in [0.1, 0.15) is 5.75 Å². The Kier molecular flexibility index (Phi) is 4.88. The number of ether oxygens (including phenoxy) is 1. The van der Waals surface area contributed by atoms with Gasteiger partial charge in [0.05, 0.1) is 5.69 Å². The molecule has 0 spiro atoms. The van der Waals surface area contributed by atoms with E-state index in [1.807, 2.05) is 36.9 Å². The van der Waals surface area contributed by atoms with Gasteiger partial charge in [-0.1, -0.05) is 32.3 Å². The van der Waals surface area contributed by atoms with Crippen molar-refractivity contribution in [3.8, 4) is 5.75 Å². The van der Waals surface area contributed by atoms with Crippen molar-refractivity contribution in [2.75, 3.05) is 11.4 Å². The summed E-state index contributed by atoms with van der Waals surface area (Å²) in [5.41, 5.74) is 6.76. The van der Waals surface area contributed by atoms with Gasteiger partial charge in [-0.05, 0) is 38.0 Å². The Labute approximate surface area is 127 Å². The quantitative estimate of drug-likeness (QED) is 0.818. The molecule has 0 saturated heterocycles. The molecule has 0 saturated carbocycles. The molecule has 0 radical (unpaired) electrons. The number of benzene rings is 1. The van der Waals surface area contributed by atoms with Crippen LogP contribution in [0.2, 0.25) is 0 Å². The molecule has 1 amide bonds. The largest absolute Gasteiger partial charge is 0.476 e. The number of nitrogens with zero attached hydrogens (tertiary/aromatic N) is 1. The Hall–Kier alpha value is -1.55. The second kappa shape index (κ2) is 6.48. The van der Waals surface area contributed by atoms with E-state index in [1.54, 1.807) is 0 Å². The zero-order valence-electron chi connectivity index (χ0n) is 13.3. The molecule has 21 heavy (non-hydrogen) atoms. The number of nitrogens with two attached hydrogens (primary N) is 1. The molecule has 116 valence electrons. The van der Waals surface area contributed by atoms with Crippen LogP contribution in [0.15, 0.2) is 18.2 Å². The minimum Gasteiger partial charge on any atom is -0.476 e. The normalized spacial score (nSPS) is 16.6. The fraction of sp³-hybridized carbons (Fsp3) is 0.588. The number of carbonyl (C=O) groups excluding carboxylic acids is 1. The number of fused-ring (bicyclic) bond motifs is 1. The number of anilines is 1. The van der Waals surface area contributed by atoms with E-state index in [2.05, 4.69) is 6.92 Å². The van der Waals surface area contributed by atoms with Crippen LogP contribution < -0.4 is 15.4 Å². The maximum Gasteiger partial charge on any atom is 0.270 e. The Morgan fingerprint density at radius 1 is 1.24 bits per heavy atom. The van der Waals surface area contributed by atoms with E-state index in [9.17, 15) is 4.79 Å². The first kappa shape index (κ1) is 15.8. The summed E-state index contributed by atoms with van der Waals surface area (Å²) in [4.78, 5) is 14.5. The molecular weight excluding hydrogens is 264 g/mol. The fourth-order valence-corrected chi connectivity index (χ4v) is 2.66. The monoisotopic (exact) mass is 290 g/mol. The van der Waals surface area contributed by atoms with Crippen molar-refractivity contribution in [3.05, 3.63) is 23.8 Å². The first-order valence-corrected chi connectivity index (χ1v) is 7.83. The molecule has 1 heterocycles. The van der Waals surface area contributed by atoms with Gasteiger partial charge in [-0.25, -0.2) is 0 Å². The molecule has 1 aliphatic heterocycles. The summed E-state index contributed by atoms with van der Waals surface area (Å²) in [5, 5.41) is 0. The summed E-state index contributed by atoms with van der Waals surface area (Å²) in [6.07, 6.45) is 4.57. The van der Waals surface area contributed by atoms with E-state index in [4.69, 9.17) is 10.5 Å². The van der Waals surface area contributed by atoms with Gasteiger partial charge in [0, 0.05) is 13.1 Å². The number of hydrogen-bond acceptors (Lipinski definition) is 3. The van der Waals surface area contributed by atoms with Crippen LogP contribution in [0.4, 0.5) is 5.69 Å². The van der Waals surface area contributed by atoms with Gasteiger partial charge in [-0.2, -0.15) is 0 Å². The highest BCUT2D eigenvalue weighted by atomic mass is 16.5. The molecule has 0 unspecified atom stereocenters. The van der Waals surface area contributed by atoms with Crippen molar-refractivity contribution in [2.24, 2.45) is 5.73 Å². The summed E-state index contributed by atoms with van der Waals surface area (Å²) in [6, 6.07) is 5.86. The van der Waals surface area contributed by atoms with Crippen LogP contribution in [0.25, 0.3) is 0 Å². The highest BCUT2D eigenvalue weighted by Gasteiger charge is 2.40. The third-order valence-corrected chi connectivity index (χ3v) is 3.91. The van der Waals surface area contributed by atoms with E-state index >= 15 is 0 Å². The highest BCUT2D eigenvalue weighted by molar-refractivity contribution is 6.02. The maximum absolute atomic E-state index is 12.6. The van der Waals surface area contributed by atoms with Crippen LogP contribution in [0.5, 0.6) is 5.75 Å². The predicted octanol–water partition coefficient (Wildman–Crippen LogP) is 3.23. The molecule has 4 heteroatoms. The molecule has 2 rings (SSSR count). The van der Waals surface area contributed by atoms with Crippen molar-refractivity contribution >= 4 is 11.6 Å². The van der Waals surface area contributed by atoms with Crippen LogP contribution in [0, 0.1) is 0 Å². The number of amides is 1. The zero-order valence-corrected chi connectivity index (χ0v) is 13.3. The lowest BCUT2D eigenvalue weighted by Gasteiger charge is -2.39. The molecule has 0 aromatic heterocycles.